The van der Waals surface area contributed by atoms with Gasteiger partial charge in [0.05, 0.1) is 25.0 Å². The van der Waals surface area contributed by atoms with Crippen molar-refractivity contribution in [3.63, 3.8) is 0 Å². The van der Waals surface area contributed by atoms with Crippen LogP contribution in [0, 0.1) is 0 Å². The Kier molecular flexibility index (Phi) is 5.17. The van der Waals surface area contributed by atoms with Gasteiger partial charge in [-0.05, 0) is 18.4 Å². The molecule has 0 radical (unpaired) electrons. The van der Waals surface area contributed by atoms with Crippen molar-refractivity contribution < 1.29 is 0 Å². The second-order valence-corrected chi connectivity index (χ2v) is 6.73. The average molecular weight is 336 g/mol. The molecule has 3 rings (SSSR count). The van der Waals surface area contributed by atoms with E-state index in [1.165, 1.54) is 5.56 Å². The van der Waals surface area contributed by atoms with E-state index >= 15 is 0 Å². The molecule has 1 aromatic carbocycles. The first-order valence-corrected chi connectivity index (χ1v) is 8.85. The standard InChI is InChI=1S/C21H28N4/c1-16-13-23-19(4)25(16)15-17(2)24-12-8-11-21(24)18(3)22-14-20-9-6-5-7-10-20/h5-7,9-10,21-23H,1-4,8,11-15H2. The van der Waals surface area contributed by atoms with E-state index in [4.69, 9.17) is 0 Å². The number of nitrogens with zero attached hydrogens (tertiary/aromatic N) is 2. The van der Waals surface area contributed by atoms with Gasteiger partial charge in [0.2, 0.25) is 0 Å². The van der Waals surface area contributed by atoms with Crippen LogP contribution in [-0.2, 0) is 6.54 Å². The van der Waals surface area contributed by atoms with Crippen molar-refractivity contribution in [3.8, 4) is 0 Å². The molecule has 0 aromatic heterocycles. The molecule has 4 heteroatoms. The summed E-state index contributed by atoms with van der Waals surface area (Å²) in [6.07, 6.45) is 2.27. The zero-order chi connectivity index (χ0) is 17.8. The predicted octanol–water partition coefficient (Wildman–Crippen LogP) is 3.16. The molecule has 1 atom stereocenters. The lowest BCUT2D eigenvalue weighted by Crippen LogP contribution is -2.37. The first-order chi connectivity index (χ1) is 12.1. The van der Waals surface area contributed by atoms with Crippen molar-refractivity contribution >= 4 is 0 Å². The van der Waals surface area contributed by atoms with Crippen molar-refractivity contribution in [2.24, 2.45) is 0 Å². The minimum absolute atomic E-state index is 0.299. The molecule has 2 aliphatic rings. The maximum atomic E-state index is 4.33. The van der Waals surface area contributed by atoms with Gasteiger partial charge in [-0.2, -0.15) is 0 Å². The zero-order valence-corrected chi connectivity index (χ0v) is 14.9. The zero-order valence-electron chi connectivity index (χ0n) is 14.9. The van der Waals surface area contributed by atoms with E-state index in [-0.39, 0.29) is 0 Å². The van der Waals surface area contributed by atoms with Gasteiger partial charge < -0.3 is 20.4 Å². The monoisotopic (exact) mass is 336 g/mol. The maximum Gasteiger partial charge on any atom is 0.0988 e. The van der Waals surface area contributed by atoms with Crippen LogP contribution in [0.3, 0.4) is 0 Å². The first kappa shape index (κ1) is 17.2. The van der Waals surface area contributed by atoms with Crippen LogP contribution in [0.2, 0.25) is 0 Å². The topological polar surface area (TPSA) is 30.5 Å². The van der Waals surface area contributed by atoms with Crippen LogP contribution in [0.15, 0.2) is 79.6 Å². The SMILES string of the molecule is C=C(NCc1ccccc1)C1CCCN1C(=C)CN1C(=C)CNC1=C. The number of hydrogen-bond donors (Lipinski definition) is 2. The van der Waals surface area contributed by atoms with Crippen molar-refractivity contribution in [2.75, 3.05) is 19.6 Å². The summed E-state index contributed by atoms with van der Waals surface area (Å²) in [5.41, 5.74) is 4.47. The summed E-state index contributed by atoms with van der Waals surface area (Å²) < 4.78 is 0. The molecule has 4 nitrogen and oxygen atoms in total. The molecule has 2 saturated heterocycles. The maximum absolute atomic E-state index is 4.33. The number of benzene rings is 1. The Morgan fingerprint density at radius 2 is 1.96 bits per heavy atom. The average Bonchev–Trinajstić information content (AvgIpc) is 3.23. The molecule has 2 aliphatic heterocycles. The van der Waals surface area contributed by atoms with Crippen LogP contribution in [0.25, 0.3) is 0 Å². The number of hydrogen-bond acceptors (Lipinski definition) is 4. The highest BCUT2D eigenvalue weighted by Gasteiger charge is 2.29. The number of nitrogens with one attached hydrogen (secondary N) is 2. The lowest BCUT2D eigenvalue weighted by atomic mass is 10.1. The number of rotatable bonds is 7. The van der Waals surface area contributed by atoms with Gasteiger partial charge in [-0.1, -0.05) is 56.6 Å². The Labute approximate surface area is 151 Å². The summed E-state index contributed by atoms with van der Waals surface area (Å²) in [6, 6.07) is 10.7. The predicted molar refractivity (Wildman–Crippen MR) is 104 cm³/mol. The van der Waals surface area contributed by atoms with Crippen LogP contribution >= 0.6 is 0 Å². The van der Waals surface area contributed by atoms with E-state index in [2.05, 4.69) is 71.0 Å². The second-order valence-electron chi connectivity index (χ2n) is 6.73. The van der Waals surface area contributed by atoms with E-state index in [9.17, 15) is 0 Å². The summed E-state index contributed by atoms with van der Waals surface area (Å²) >= 11 is 0. The summed E-state index contributed by atoms with van der Waals surface area (Å²) in [7, 11) is 0. The van der Waals surface area contributed by atoms with E-state index < -0.39 is 0 Å². The third-order valence-corrected chi connectivity index (χ3v) is 4.97. The number of likely N-dealkylation sites (tertiary alicyclic amines) is 1. The van der Waals surface area contributed by atoms with Crippen LogP contribution < -0.4 is 10.6 Å². The molecular weight excluding hydrogens is 308 g/mol. The van der Waals surface area contributed by atoms with E-state index in [0.717, 1.165) is 61.9 Å². The van der Waals surface area contributed by atoms with Gasteiger partial charge in [0.15, 0.2) is 0 Å². The third kappa shape index (κ3) is 3.90. The molecular formula is C21H28N4. The molecule has 2 fully saturated rings. The molecule has 1 aromatic rings. The minimum Gasteiger partial charge on any atom is -0.383 e. The van der Waals surface area contributed by atoms with Crippen LogP contribution in [0.1, 0.15) is 18.4 Å². The molecule has 2 N–H and O–H groups in total. The highest BCUT2D eigenvalue weighted by Crippen LogP contribution is 2.27. The van der Waals surface area contributed by atoms with Gasteiger partial charge in [-0.15, -0.1) is 0 Å². The fourth-order valence-electron chi connectivity index (χ4n) is 3.50. The normalized spacial score (nSPS) is 19.9. The lowest BCUT2D eigenvalue weighted by Gasteiger charge is -2.33. The Bertz CT molecular complexity index is 660. The molecule has 0 amide bonds. The molecule has 2 heterocycles. The quantitative estimate of drug-likeness (QED) is 0.801. The highest BCUT2D eigenvalue weighted by atomic mass is 15.3. The fraction of sp³-hybridized carbons (Fsp3) is 0.333. The van der Waals surface area contributed by atoms with Gasteiger partial charge in [0.1, 0.15) is 0 Å². The highest BCUT2D eigenvalue weighted by molar-refractivity contribution is 5.22. The van der Waals surface area contributed by atoms with E-state index in [0.29, 0.717) is 6.04 Å². The molecule has 0 bridgehead atoms. The third-order valence-electron chi connectivity index (χ3n) is 4.97. The Morgan fingerprint density at radius 3 is 2.64 bits per heavy atom. The van der Waals surface area contributed by atoms with Crippen molar-refractivity contribution in [2.45, 2.75) is 25.4 Å². The molecule has 1 unspecified atom stereocenters. The van der Waals surface area contributed by atoms with E-state index in [1.54, 1.807) is 0 Å². The molecule has 0 aliphatic carbocycles. The Balaban J connectivity index is 1.57. The minimum atomic E-state index is 0.299. The van der Waals surface area contributed by atoms with Crippen LogP contribution in [0.5, 0.6) is 0 Å². The fourth-order valence-corrected chi connectivity index (χ4v) is 3.50. The summed E-state index contributed by atoms with van der Waals surface area (Å²) in [5.74, 6) is 0.905. The molecule has 0 saturated carbocycles. The lowest BCUT2D eigenvalue weighted by molar-refractivity contribution is 0.311. The Hall–Kier alpha value is -2.62. The summed E-state index contributed by atoms with van der Waals surface area (Å²) in [5, 5.41) is 6.73. The molecule has 132 valence electrons. The van der Waals surface area contributed by atoms with Crippen molar-refractivity contribution in [1.82, 2.24) is 20.4 Å². The van der Waals surface area contributed by atoms with Gasteiger partial charge in [0, 0.05) is 30.2 Å². The summed E-state index contributed by atoms with van der Waals surface area (Å²) in [6.45, 7) is 20.1. The van der Waals surface area contributed by atoms with Gasteiger partial charge >= 0.3 is 0 Å². The Morgan fingerprint density at radius 1 is 1.20 bits per heavy atom. The first-order valence-electron chi connectivity index (χ1n) is 8.85. The smallest absolute Gasteiger partial charge is 0.0988 e. The summed E-state index contributed by atoms with van der Waals surface area (Å²) in [4.78, 5) is 4.48. The van der Waals surface area contributed by atoms with Gasteiger partial charge in [0.25, 0.3) is 0 Å². The van der Waals surface area contributed by atoms with Crippen LogP contribution in [-0.4, -0.2) is 35.5 Å². The van der Waals surface area contributed by atoms with Crippen LogP contribution in [0.4, 0.5) is 0 Å². The molecule has 25 heavy (non-hydrogen) atoms. The van der Waals surface area contributed by atoms with Gasteiger partial charge in [-0.3, -0.25) is 0 Å². The molecule has 0 spiro atoms. The van der Waals surface area contributed by atoms with Crippen molar-refractivity contribution in [1.29, 1.82) is 0 Å². The largest absolute Gasteiger partial charge is 0.383 e. The van der Waals surface area contributed by atoms with Gasteiger partial charge in [-0.25, -0.2) is 0 Å². The van der Waals surface area contributed by atoms with Crippen molar-refractivity contribution in [3.05, 3.63) is 85.1 Å². The second kappa shape index (κ2) is 7.51. The van der Waals surface area contributed by atoms with E-state index in [1.807, 2.05) is 6.07 Å².